The number of methoxy groups -OCH3 is 1. The van der Waals surface area contributed by atoms with Gasteiger partial charge in [0.2, 0.25) is 10.0 Å². The summed E-state index contributed by atoms with van der Waals surface area (Å²) in [6.07, 6.45) is -0.805. The zero-order valence-corrected chi connectivity index (χ0v) is 11.9. The van der Waals surface area contributed by atoms with Crippen LogP contribution in [0.1, 0.15) is 22.2 Å². The summed E-state index contributed by atoms with van der Waals surface area (Å²) in [5.74, 6) is -0.689. The molecule has 0 aliphatic heterocycles. The number of esters is 1. The van der Waals surface area contributed by atoms with Gasteiger partial charge in [-0.15, -0.1) is 11.3 Å². The topological polar surface area (TPSA) is 92.7 Å². The maximum absolute atomic E-state index is 12.0. The van der Waals surface area contributed by atoms with E-state index in [2.05, 4.69) is 9.46 Å². The lowest BCUT2D eigenvalue weighted by Crippen LogP contribution is -2.31. The standard InChI is InChI=1S/C10H15NO5S2/c1-6-5-17-8(10(13)16-3)9(6)18(14,15)11-4-7(2)12/h5,7,11-12H,4H2,1-3H3. The fraction of sp³-hybridized carbons (Fsp3) is 0.500. The van der Waals surface area contributed by atoms with Crippen LogP contribution in [-0.4, -0.2) is 39.3 Å². The van der Waals surface area contributed by atoms with Crippen molar-refractivity contribution in [3.05, 3.63) is 15.8 Å². The highest BCUT2D eigenvalue weighted by Crippen LogP contribution is 2.27. The second kappa shape index (κ2) is 5.79. The van der Waals surface area contributed by atoms with Crippen LogP contribution in [-0.2, 0) is 14.8 Å². The Morgan fingerprint density at radius 2 is 2.22 bits per heavy atom. The maximum Gasteiger partial charge on any atom is 0.349 e. The molecule has 2 N–H and O–H groups in total. The quantitative estimate of drug-likeness (QED) is 0.771. The Morgan fingerprint density at radius 1 is 1.61 bits per heavy atom. The fourth-order valence-electron chi connectivity index (χ4n) is 1.30. The number of nitrogens with one attached hydrogen (secondary N) is 1. The van der Waals surface area contributed by atoms with Crippen LogP contribution in [0, 0.1) is 6.92 Å². The van der Waals surface area contributed by atoms with E-state index >= 15 is 0 Å². The van der Waals surface area contributed by atoms with Gasteiger partial charge in [-0.3, -0.25) is 0 Å². The number of carbonyl (C=O) groups excluding carboxylic acids is 1. The van der Waals surface area contributed by atoms with Gasteiger partial charge in [-0.25, -0.2) is 17.9 Å². The first kappa shape index (κ1) is 15.1. The van der Waals surface area contributed by atoms with Gasteiger partial charge in [0.25, 0.3) is 0 Å². The molecule has 0 spiro atoms. The highest BCUT2D eigenvalue weighted by molar-refractivity contribution is 7.89. The molecule has 18 heavy (non-hydrogen) atoms. The predicted octanol–water partition coefficient (Wildman–Crippen LogP) is 0.502. The summed E-state index contributed by atoms with van der Waals surface area (Å²) in [6.45, 7) is 2.95. The summed E-state index contributed by atoms with van der Waals surface area (Å²) in [7, 11) is -2.64. The summed E-state index contributed by atoms with van der Waals surface area (Å²) < 4.78 is 30.9. The molecule has 0 bridgehead atoms. The molecule has 0 aromatic carbocycles. The van der Waals surface area contributed by atoms with E-state index in [-0.39, 0.29) is 16.3 Å². The van der Waals surface area contributed by atoms with Gasteiger partial charge >= 0.3 is 5.97 Å². The number of sulfonamides is 1. The Hall–Kier alpha value is -0.960. The van der Waals surface area contributed by atoms with Crippen LogP contribution in [0.15, 0.2) is 10.3 Å². The van der Waals surface area contributed by atoms with Gasteiger partial charge in [0, 0.05) is 6.54 Å². The molecule has 6 nitrogen and oxygen atoms in total. The molecule has 102 valence electrons. The lowest BCUT2D eigenvalue weighted by molar-refractivity contribution is 0.0602. The van der Waals surface area contributed by atoms with Crippen LogP contribution >= 0.6 is 11.3 Å². The Balaban J connectivity index is 3.15. The molecule has 8 heteroatoms. The first-order chi connectivity index (χ1) is 8.29. The highest BCUT2D eigenvalue weighted by Gasteiger charge is 2.27. The van der Waals surface area contributed by atoms with Crippen molar-refractivity contribution in [1.82, 2.24) is 4.72 Å². The van der Waals surface area contributed by atoms with Gasteiger partial charge in [0.1, 0.15) is 9.77 Å². The van der Waals surface area contributed by atoms with Crippen molar-refractivity contribution in [2.75, 3.05) is 13.7 Å². The molecule has 0 saturated carbocycles. The number of rotatable bonds is 5. The summed E-state index contributed by atoms with van der Waals surface area (Å²) in [4.78, 5) is 11.4. The second-order valence-electron chi connectivity index (χ2n) is 3.77. The van der Waals surface area contributed by atoms with Gasteiger partial charge < -0.3 is 9.84 Å². The van der Waals surface area contributed by atoms with Crippen molar-refractivity contribution in [1.29, 1.82) is 0 Å². The van der Waals surface area contributed by atoms with Gasteiger partial charge in [0.05, 0.1) is 13.2 Å². The van der Waals surface area contributed by atoms with Crippen LogP contribution in [0.4, 0.5) is 0 Å². The van der Waals surface area contributed by atoms with E-state index in [9.17, 15) is 13.2 Å². The number of hydrogen-bond acceptors (Lipinski definition) is 6. The number of aliphatic hydroxyl groups is 1. The summed E-state index contributed by atoms with van der Waals surface area (Å²) in [5, 5.41) is 10.7. The predicted molar refractivity (Wildman–Crippen MR) is 67.3 cm³/mol. The molecule has 0 aliphatic carbocycles. The van der Waals surface area contributed by atoms with Crippen molar-refractivity contribution in [3.63, 3.8) is 0 Å². The monoisotopic (exact) mass is 293 g/mol. The minimum absolute atomic E-state index is 0.0353. The Morgan fingerprint density at radius 3 is 2.72 bits per heavy atom. The second-order valence-corrected chi connectivity index (χ2v) is 6.35. The number of thiophene rings is 1. The minimum atomic E-state index is -3.83. The normalized spacial score (nSPS) is 13.3. The van der Waals surface area contributed by atoms with Gasteiger partial charge in [-0.1, -0.05) is 0 Å². The van der Waals surface area contributed by atoms with Crippen molar-refractivity contribution in [2.45, 2.75) is 24.8 Å². The van der Waals surface area contributed by atoms with Crippen LogP contribution < -0.4 is 4.72 Å². The van der Waals surface area contributed by atoms with E-state index in [0.717, 1.165) is 11.3 Å². The fourth-order valence-corrected chi connectivity index (χ4v) is 4.13. The highest BCUT2D eigenvalue weighted by atomic mass is 32.2. The zero-order valence-electron chi connectivity index (χ0n) is 10.3. The third-order valence-corrected chi connectivity index (χ3v) is 4.94. The smallest absolute Gasteiger partial charge is 0.349 e. The van der Waals surface area contributed by atoms with Gasteiger partial charge in [-0.2, -0.15) is 0 Å². The van der Waals surface area contributed by atoms with E-state index in [1.54, 1.807) is 12.3 Å². The average molecular weight is 293 g/mol. The molecule has 0 aliphatic rings. The van der Waals surface area contributed by atoms with Crippen LogP contribution in [0.2, 0.25) is 0 Å². The molecule has 1 aromatic rings. The lowest BCUT2D eigenvalue weighted by atomic mass is 10.3. The number of carbonyl (C=O) groups is 1. The first-order valence-electron chi connectivity index (χ1n) is 5.13. The van der Waals surface area contributed by atoms with Crippen molar-refractivity contribution in [2.24, 2.45) is 0 Å². The number of ether oxygens (including phenoxy) is 1. The molecule has 0 amide bonds. The van der Waals surface area contributed by atoms with Gasteiger partial charge in [0.15, 0.2) is 0 Å². The minimum Gasteiger partial charge on any atom is -0.465 e. The van der Waals surface area contributed by atoms with Crippen molar-refractivity contribution in [3.8, 4) is 0 Å². The third-order valence-electron chi connectivity index (χ3n) is 2.13. The van der Waals surface area contributed by atoms with E-state index in [1.807, 2.05) is 0 Å². The third kappa shape index (κ3) is 3.29. The molecule has 1 atom stereocenters. The number of hydrogen-bond donors (Lipinski definition) is 2. The zero-order chi connectivity index (χ0) is 13.9. The number of aliphatic hydroxyl groups excluding tert-OH is 1. The Bertz CT molecular complexity index is 532. The lowest BCUT2D eigenvalue weighted by Gasteiger charge is -2.09. The molecular formula is C10H15NO5S2. The average Bonchev–Trinajstić information content (AvgIpc) is 2.68. The van der Waals surface area contributed by atoms with Crippen molar-refractivity contribution < 1.29 is 23.1 Å². The molecule has 0 saturated heterocycles. The van der Waals surface area contributed by atoms with Crippen molar-refractivity contribution >= 4 is 27.3 Å². The molecule has 1 aromatic heterocycles. The van der Waals surface area contributed by atoms with E-state index in [1.165, 1.54) is 14.0 Å². The largest absolute Gasteiger partial charge is 0.465 e. The molecule has 1 heterocycles. The summed E-state index contributed by atoms with van der Waals surface area (Å²) >= 11 is 1.01. The molecule has 1 unspecified atom stereocenters. The Kier molecular flexibility index (Phi) is 4.85. The van der Waals surface area contributed by atoms with Crippen LogP contribution in [0.5, 0.6) is 0 Å². The molecule has 1 rings (SSSR count). The van der Waals surface area contributed by atoms with E-state index < -0.39 is 22.1 Å². The molecular weight excluding hydrogens is 278 g/mol. The Labute approximate surface area is 110 Å². The summed E-state index contributed by atoms with van der Waals surface area (Å²) in [5.41, 5.74) is 0.471. The van der Waals surface area contributed by atoms with Crippen LogP contribution in [0.3, 0.4) is 0 Å². The van der Waals surface area contributed by atoms with Crippen LogP contribution in [0.25, 0.3) is 0 Å². The molecule has 0 fully saturated rings. The summed E-state index contributed by atoms with van der Waals surface area (Å²) in [6, 6.07) is 0. The van der Waals surface area contributed by atoms with E-state index in [4.69, 9.17) is 5.11 Å². The molecule has 0 radical (unpaired) electrons. The number of aryl methyl sites for hydroxylation is 1. The SMILES string of the molecule is COC(=O)c1scc(C)c1S(=O)(=O)NCC(C)O. The van der Waals surface area contributed by atoms with Gasteiger partial charge in [-0.05, 0) is 24.8 Å². The first-order valence-corrected chi connectivity index (χ1v) is 7.50. The van der Waals surface area contributed by atoms with E-state index in [0.29, 0.717) is 5.56 Å². The maximum atomic E-state index is 12.0.